The molecule has 48 heavy (non-hydrogen) atoms. The number of benzene rings is 2. The first kappa shape index (κ1) is 38.9. The molecule has 0 radical (unpaired) electrons. The van der Waals surface area contributed by atoms with E-state index in [1.54, 1.807) is 0 Å². The summed E-state index contributed by atoms with van der Waals surface area (Å²) in [5, 5.41) is -1.47. The van der Waals surface area contributed by atoms with E-state index in [1.165, 1.54) is 0 Å². The Morgan fingerprint density at radius 1 is 0.583 bits per heavy atom. The maximum atomic E-state index is 13.3. The van der Waals surface area contributed by atoms with Crippen LogP contribution in [0.5, 0.6) is 11.5 Å². The number of carbonyl (C=O) groups excluding carboxylic acids is 4. The van der Waals surface area contributed by atoms with Gasteiger partial charge < -0.3 is 18.9 Å². The molecule has 4 unspecified atom stereocenters. The number of esters is 4. The lowest BCUT2D eigenvalue weighted by atomic mass is 10.1. The Morgan fingerprint density at radius 2 is 0.917 bits per heavy atom. The lowest BCUT2D eigenvalue weighted by Gasteiger charge is -2.16. The summed E-state index contributed by atoms with van der Waals surface area (Å²) >= 11 is 37.6. The van der Waals surface area contributed by atoms with Crippen molar-refractivity contribution < 1.29 is 38.1 Å². The number of halogens is 6. The largest absolute Gasteiger partial charge is 0.462 e. The lowest BCUT2D eigenvalue weighted by molar-refractivity contribution is -0.156. The van der Waals surface area contributed by atoms with E-state index in [2.05, 4.69) is 41.5 Å². The van der Waals surface area contributed by atoms with Gasteiger partial charge in [-0.15, -0.1) is 0 Å². The molecule has 2 aromatic rings. The molecule has 14 heteroatoms. The molecule has 0 aliphatic heterocycles. The van der Waals surface area contributed by atoms with Crippen molar-refractivity contribution >= 4 is 93.5 Å². The van der Waals surface area contributed by atoms with Crippen LogP contribution in [0.15, 0.2) is 12.1 Å². The smallest absolute Gasteiger partial charge is 0.423 e. The monoisotopic (exact) mass is 782 g/mol. The van der Waals surface area contributed by atoms with Crippen LogP contribution in [0.1, 0.15) is 87.9 Å². The molecule has 2 aromatic carbocycles. The normalized spacial score (nSPS) is 21.7. The van der Waals surface area contributed by atoms with Crippen molar-refractivity contribution in [3.8, 4) is 11.5 Å². The van der Waals surface area contributed by atoms with E-state index >= 15 is 0 Å². The summed E-state index contributed by atoms with van der Waals surface area (Å²) in [5.74, 6) is -5.39. The third-order valence-electron chi connectivity index (χ3n) is 9.78. The zero-order valence-electron chi connectivity index (χ0n) is 27.2. The molecule has 2 saturated carbocycles. The van der Waals surface area contributed by atoms with Crippen LogP contribution in [0.25, 0.3) is 0 Å². The SMILES string of the molecule is CCCC1C(COC(=O)c2c(Cl)c(Cl)cc(Cl)c2OC(=O)C(=O)Oc2c(Cl)cc(Cl)c(Cl)c2C(=O)OCC2C(CCC)C2(C)C)C1(C)C. The molecule has 2 aliphatic carbocycles. The Bertz CT molecular complexity index is 1520. The molecule has 262 valence electrons. The minimum Gasteiger partial charge on any atom is -0.462 e. The number of hydrogen-bond acceptors (Lipinski definition) is 8. The molecule has 0 amide bonds. The maximum Gasteiger partial charge on any atom is 0.423 e. The second kappa shape index (κ2) is 15.1. The molecule has 0 heterocycles. The van der Waals surface area contributed by atoms with Crippen molar-refractivity contribution in [2.75, 3.05) is 13.2 Å². The topological polar surface area (TPSA) is 105 Å². The third kappa shape index (κ3) is 7.84. The molecule has 0 spiro atoms. The highest BCUT2D eigenvalue weighted by Gasteiger charge is 2.58. The fraction of sp³-hybridized carbons (Fsp3) is 0.529. The van der Waals surface area contributed by atoms with E-state index in [0.717, 1.165) is 37.8 Å². The van der Waals surface area contributed by atoms with Gasteiger partial charge in [0.15, 0.2) is 11.5 Å². The second-order valence-electron chi connectivity index (χ2n) is 13.3. The zero-order chi connectivity index (χ0) is 35.9. The summed E-state index contributed by atoms with van der Waals surface area (Å²) in [4.78, 5) is 52.6. The summed E-state index contributed by atoms with van der Waals surface area (Å²) in [6.07, 6.45) is 3.92. The summed E-state index contributed by atoms with van der Waals surface area (Å²) in [6, 6.07) is 2.27. The molecule has 0 saturated heterocycles. The number of hydrogen-bond donors (Lipinski definition) is 0. The number of ether oxygens (including phenoxy) is 4. The predicted molar refractivity (Wildman–Crippen MR) is 186 cm³/mol. The highest BCUT2D eigenvalue weighted by Crippen LogP contribution is 2.61. The Labute approximate surface area is 309 Å². The van der Waals surface area contributed by atoms with Crippen LogP contribution in [-0.4, -0.2) is 37.1 Å². The Kier molecular flexibility index (Phi) is 12.2. The van der Waals surface area contributed by atoms with E-state index in [9.17, 15) is 19.2 Å². The average Bonchev–Trinajstić information content (AvgIpc) is 3.75. The van der Waals surface area contributed by atoms with Crippen molar-refractivity contribution in [2.24, 2.45) is 34.5 Å². The predicted octanol–water partition coefficient (Wildman–Crippen LogP) is 10.6. The van der Waals surface area contributed by atoms with Crippen LogP contribution in [0.2, 0.25) is 30.1 Å². The van der Waals surface area contributed by atoms with E-state index in [-0.39, 0.29) is 66.0 Å². The van der Waals surface area contributed by atoms with Crippen LogP contribution in [0.3, 0.4) is 0 Å². The van der Waals surface area contributed by atoms with E-state index < -0.39 is 46.5 Å². The molecule has 2 fully saturated rings. The molecule has 4 rings (SSSR count). The van der Waals surface area contributed by atoms with Gasteiger partial charge in [-0.05, 0) is 47.6 Å². The van der Waals surface area contributed by atoms with Gasteiger partial charge in [-0.2, -0.15) is 0 Å². The van der Waals surface area contributed by atoms with Gasteiger partial charge in [0, 0.05) is 11.8 Å². The molecule has 0 N–H and O–H groups in total. The average molecular weight is 785 g/mol. The van der Waals surface area contributed by atoms with E-state index in [1.807, 2.05) is 0 Å². The van der Waals surface area contributed by atoms with Crippen LogP contribution in [0, 0.1) is 34.5 Å². The molecular weight excluding hydrogens is 749 g/mol. The van der Waals surface area contributed by atoms with Gasteiger partial charge in [0.25, 0.3) is 0 Å². The van der Waals surface area contributed by atoms with Crippen molar-refractivity contribution in [3.63, 3.8) is 0 Å². The maximum absolute atomic E-state index is 13.3. The quantitative estimate of drug-likeness (QED) is 0.0907. The van der Waals surface area contributed by atoms with Crippen molar-refractivity contribution in [2.45, 2.75) is 67.2 Å². The molecular formula is C34H36Cl6O8. The van der Waals surface area contributed by atoms with Gasteiger partial charge in [0.05, 0.1) is 43.3 Å². The van der Waals surface area contributed by atoms with Crippen LogP contribution in [-0.2, 0) is 19.1 Å². The number of rotatable bonds is 12. The number of carbonyl (C=O) groups is 4. The van der Waals surface area contributed by atoms with Crippen LogP contribution in [0.4, 0.5) is 0 Å². The van der Waals surface area contributed by atoms with Gasteiger partial charge in [-0.1, -0.05) is 124 Å². The van der Waals surface area contributed by atoms with E-state index in [4.69, 9.17) is 88.6 Å². The van der Waals surface area contributed by atoms with Crippen molar-refractivity contribution in [1.82, 2.24) is 0 Å². The highest BCUT2D eigenvalue weighted by molar-refractivity contribution is 6.47. The summed E-state index contributed by atoms with van der Waals surface area (Å²) < 4.78 is 21.5. The fourth-order valence-corrected chi connectivity index (χ4v) is 8.05. The first-order valence-corrected chi connectivity index (χ1v) is 17.8. The Hall–Kier alpha value is -1.94. The van der Waals surface area contributed by atoms with Crippen molar-refractivity contribution in [1.29, 1.82) is 0 Å². The zero-order valence-corrected chi connectivity index (χ0v) is 31.8. The van der Waals surface area contributed by atoms with Gasteiger partial charge in [0.2, 0.25) is 0 Å². The molecule has 2 aliphatic rings. The standard InChI is InChI=1S/C34H36Cl6O8/c1-7-9-15-17(33(15,3)4)13-45-29(41)23-25(39)19(35)11-21(37)27(23)47-31(43)32(44)48-28-22(38)12-20(36)26(40)24(28)30(42)46-14-18-16(10-8-2)34(18,5)6/h11-12,15-18H,7-10,13-14H2,1-6H3. The minimum atomic E-state index is -1.64. The van der Waals surface area contributed by atoms with Gasteiger partial charge in [-0.3, -0.25) is 0 Å². The van der Waals surface area contributed by atoms with Crippen molar-refractivity contribution in [3.05, 3.63) is 53.4 Å². The lowest BCUT2D eigenvalue weighted by Crippen LogP contribution is -2.27. The van der Waals surface area contributed by atoms with Crippen LogP contribution >= 0.6 is 69.6 Å². The first-order chi connectivity index (χ1) is 22.4. The summed E-state index contributed by atoms with van der Waals surface area (Å²) in [5.41, 5.74) is -0.952. The van der Waals surface area contributed by atoms with Gasteiger partial charge in [-0.25, -0.2) is 19.2 Å². The second-order valence-corrected chi connectivity index (χ2v) is 15.7. The highest BCUT2D eigenvalue weighted by atomic mass is 35.5. The minimum absolute atomic E-state index is 0.0196. The summed E-state index contributed by atoms with van der Waals surface area (Å²) in [6.45, 7) is 12.7. The summed E-state index contributed by atoms with van der Waals surface area (Å²) in [7, 11) is 0. The fourth-order valence-electron chi connectivity index (χ4n) is 6.61. The molecule has 0 aromatic heterocycles. The Balaban J connectivity index is 1.53. The molecule has 0 bridgehead atoms. The molecule has 8 nitrogen and oxygen atoms in total. The van der Waals surface area contributed by atoms with E-state index in [0.29, 0.717) is 11.8 Å². The molecule has 4 atom stereocenters. The van der Waals surface area contributed by atoms with Gasteiger partial charge >= 0.3 is 23.9 Å². The van der Waals surface area contributed by atoms with Crippen LogP contribution < -0.4 is 9.47 Å². The third-order valence-corrected chi connectivity index (χ3v) is 11.9. The van der Waals surface area contributed by atoms with Gasteiger partial charge in [0.1, 0.15) is 11.1 Å². The Morgan fingerprint density at radius 3 is 1.23 bits per heavy atom. The first-order valence-electron chi connectivity index (χ1n) is 15.5.